The molecule has 0 aliphatic carbocycles. The molecule has 3 rings (SSSR count). The molecule has 0 N–H and O–H groups in total. The van der Waals surface area contributed by atoms with Crippen molar-refractivity contribution in [2.24, 2.45) is 0 Å². The van der Waals surface area contributed by atoms with Gasteiger partial charge in [0.2, 0.25) is 0 Å². The van der Waals surface area contributed by atoms with Crippen LogP contribution in [0.3, 0.4) is 0 Å². The van der Waals surface area contributed by atoms with E-state index in [0.717, 1.165) is 33.9 Å². The molecule has 0 radical (unpaired) electrons. The SMILES string of the molecule is Cc1cccc(C(Cl)c2cc(Cl)cc3c2OCC3)c1. The standard InChI is InChI=1S/C16H14Cl2O/c1-10-3-2-4-11(7-10)15(18)14-9-13(17)8-12-5-6-19-16(12)14/h2-4,7-9,15H,5-6H2,1H3. The fourth-order valence-electron chi connectivity index (χ4n) is 2.49. The number of ether oxygens (including phenoxy) is 1. The lowest BCUT2D eigenvalue weighted by Crippen LogP contribution is -1.98. The minimum atomic E-state index is -0.231. The lowest BCUT2D eigenvalue weighted by Gasteiger charge is -2.15. The summed E-state index contributed by atoms with van der Waals surface area (Å²) in [6, 6.07) is 12.1. The topological polar surface area (TPSA) is 9.23 Å². The highest BCUT2D eigenvalue weighted by Gasteiger charge is 2.23. The number of halogens is 2. The minimum absolute atomic E-state index is 0.231. The summed E-state index contributed by atoms with van der Waals surface area (Å²) in [4.78, 5) is 0. The Bertz CT molecular complexity index is 622. The van der Waals surface area contributed by atoms with Gasteiger partial charge in [0.1, 0.15) is 5.75 Å². The number of hydrogen-bond acceptors (Lipinski definition) is 1. The number of rotatable bonds is 2. The van der Waals surface area contributed by atoms with Crippen molar-refractivity contribution in [3.8, 4) is 5.75 Å². The van der Waals surface area contributed by atoms with Gasteiger partial charge in [0.05, 0.1) is 12.0 Å². The smallest absolute Gasteiger partial charge is 0.127 e. The van der Waals surface area contributed by atoms with Crippen molar-refractivity contribution in [1.82, 2.24) is 0 Å². The number of aryl methyl sites for hydroxylation is 1. The first-order valence-electron chi connectivity index (χ1n) is 6.31. The van der Waals surface area contributed by atoms with Crippen LogP contribution in [0.1, 0.15) is 27.6 Å². The Kier molecular flexibility index (Phi) is 3.42. The predicted octanol–water partition coefficient (Wildman–Crippen LogP) is 4.91. The van der Waals surface area contributed by atoms with E-state index in [2.05, 4.69) is 19.1 Å². The monoisotopic (exact) mass is 292 g/mol. The molecule has 3 heteroatoms. The highest BCUT2D eigenvalue weighted by atomic mass is 35.5. The summed E-state index contributed by atoms with van der Waals surface area (Å²) in [5, 5.41) is 0.489. The summed E-state index contributed by atoms with van der Waals surface area (Å²) in [5.74, 6) is 0.908. The highest BCUT2D eigenvalue weighted by molar-refractivity contribution is 6.31. The molecule has 0 aromatic heterocycles. The second-order valence-corrected chi connectivity index (χ2v) is 5.73. The molecule has 0 saturated heterocycles. The van der Waals surface area contributed by atoms with E-state index < -0.39 is 0 Å². The maximum absolute atomic E-state index is 6.62. The third-order valence-corrected chi connectivity index (χ3v) is 4.09. The number of hydrogen-bond donors (Lipinski definition) is 0. The molecule has 1 atom stereocenters. The van der Waals surface area contributed by atoms with Crippen LogP contribution >= 0.6 is 23.2 Å². The van der Waals surface area contributed by atoms with Crippen LogP contribution in [0.5, 0.6) is 5.75 Å². The van der Waals surface area contributed by atoms with Gasteiger partial charge in [-0.1, -0.05) is 41.4 Å². The average Bonchev–Trinajstić information content (AvgIpc) is 2.85. The molecule has 0 fully saturated rings. The second-order valence-electron chi connectivity index (χ2n) is 4.86. The Balaban J connectivity index is 2.07. The lowest BCUT2D eigenvalue weighted by molar-refractivity contribution is 0.353. The van der Waals surface area contributed by atoms with Crippen LogP contribution in [0.2, 0.25) is 5.02 Å². The summed E-state index contributed by atoms with van der Waals surface area (Å²) in [6.07, 6.45) is 0.903. The molecule has 19 heavy (non-hydrogen) atoms. The van der Waals surface area contributed by atoms with Gasteiger partial charge in [0, 0.05) is 17.0 Å². The van der Waals surface area contributed by atoms with Crippen molar-refractivity contribution in [2.75, 3.05) is 6.61 Å². The first-order valence-corrected chi connectivity index (χ1v) is 7.12. The van der Waals surface area contributed by atoms with Crippen LogP contribution in [0, 0.1) is 6.92 Å². The Hall–Kier alpha value is -1.18. The summed E-state index contributed by atoms with van der Waals surface area (Å²) >= 11 is 12.8. The maximum Gasteiger partial charge on any atom is 0.127 e. The fourth-order valence-corrected chi connectivity index (χ4v) is 3.04. The molecular weight excluding hydrogens is 279 g/mol. The predicted molar refractivity (Wildman–Crippen MR) is 79.5 cm³/mol. The van der Waals surface area contributed by atoms with Gasteiger partial charge in [-0.25, -0.2) is 0 Å². The van der Waals surface area contributed by atoms with E-state index in [0.29, 0.717) is 6.61 Å². The highest BCUT2D eigenvalue weighted by Crippen LogP contribution is 2.41. The maximum atomic E-state index is 6.62. The first-order chi connectivity index (χ1) is 9.15. The van der Waals surface area contributed by atoms with E-state index in [1.165, 1.54) is 5.56 Å². The van der Waals surface area contributed by atoms with Crippen molar-refractivity contribution < 1.29 is 4.74 Å². The average molecular weight is 293 g/mol. The van der Waals surface area contributed by atoms with Gasteiger partial charge < -0.3 is 4.74 Å². The van der Waals surface area contributed by atoms with Crippen molar-refractivity contribution in [1.29, 1.82) is 0 Å². The number of alkyl halides is 1. The van der Waals surface area contributed by atoms with E-state index in [1.54, 1.807) is 0 Å². The Labute approximate surface area is 123 Å². The molecule has 0 bridgehead atoms. The van der Waals surface area contributed by atoms with E-state index in [1.807, 2.05) is 24.3 Å². The molecule has 1 heterocycles. The fraction of sp³-hybridized carbons (Fsp3) is 0.250. The van der Waals surface area contributed by atoms with Gasteiger partial charge in [0.25, 0.3) is 0 Å². The molecule has 1 aliphatic heterocycles. The third kappa shape index (κ3) is 2.45. The molecule has 98 valence electrons. The van der Waals surface area contributed by atoms with Crippen LogP contribution in [0.25, 0.3) is 0 Å². The van der Waals surface area contributed by atoms with E-state index >= 15 is 0 Å². The quantitative estimate of drug-likeness (QED) is 0.715. The zero-order chi connectivity index (χ0) is 13.4. The molecule has 0 spiro atoms. The van der Waals surface area contributed by atoms with Crippen molar-refractivity contribution >= 4 is 23.2 Å². The molecule has 1 aliphatic rings. The molecule has 2 aromatic rings. The number of fused-ring (bicyclic) bond motifs is 1. The van der Waals surface area contributed by atoms with Gasteiger partial charge in [-0.3, -0.25) is 0 Å². The van der Waals surface area contributed by atoms with Crippen LogP contribution in [0.15, 0.2) is 36.4 Å². The normalized spacial score (nSPS) is 14.9. The zero-order valence-electron chi connectivity index (χ0n) is 10.6. The molecule has 0 amide bonds. The lowest BCUT2D eigenvalue weighted by atomic mass is 9.99. The number of benzene rings is 2. The van der Waals surface area contributed by atoms with Gasteiger partial charge in [-0.2, -0.15) is 0 Å². The molecular formula is C16H14Cl2O. The first kappa shape index (κ1) is 12.8. The largest absolute Gasteiger partial charge is 0.493 e. The van der Waals surface area contributed by atoms with E-state index in [4.69, 9.17) is 27.9 Å². The Morgan fingerprint density at radius 1 is 1.21 bits per heavy atom. The second kappa shape index (κ2) is 5.07. The third-order valence-electron chi connectivity index (χ3n) is 3.38. The summed E-state index contributed by atoms with van der Waals surface area (Å²) in [6.45, 7) is 2.77. The molecule has 0 saturated carbocycles. The minimum Gasteiger partial charge on any atom is -0.493 e. The van der Waals surface area contributed by atoms with Gasteiger partial charge in [-0.15, -0.1) is 11.6 Å². The zero-order valence-corrected chi connectivity index (χ0v) is 12.1. The van der Waals surface area contributed by atoms with Crippen molar-refractivity contribution in [2.45, 2.75) is 18.7 Å². The van der Waals surface area contributed by atoms with E-state index in [-0.39, 0.29) is 5.38 Å². The van der Waals surface area contributed by atoms with Crippen LogP contribution in [0.4, 0.5) is 0 Å². The van der Waals surface area contributed by atoms with Gasteiger partial charge >= 0.3 is 0 Å². The van der Waals surface area contributed by atoms with Crippen molar-refractivity contribution in [3.05, 3.63) is 63.7 Å². The van der Waals surface area contributed by atoms with Crippen molar-refractivity contribution in [3.63, 3.8) is 0 Å². The Morgan fingerprint density at radius 3 is 2.84 bits per heavy atom. The molecule has 2 aromatic carbocycles. The van der Waals surface area contributed by atoms with Crippen LogP contribution in [-0.2, 0) is 6.42 Å². The summed E-state index contributed by atoms with van der Waals surface area (Å²) in [7, 11) is 0. The van der Waals surface area contributed by atoms with Gasteiger partial charge in [-0.05, 0) is 30.2 Å². The van der Waals surface area contributed by atoms with E-state index in [9.17, 15) is 0 Å². The Morgan fingerprint density at radius 2 is 2.05 bits per heavy atom. The van der Waals surface area contributed by atoms with Gasteiger partial charge in [0.15, 0.2) is 0 Å². The van der Waals surface area contributed by atoms with Crippen LogP contribution < -0.4 is 4.74 Å². The molecule has 1 nitrogen and oxygen atoms in total. The molecule has 1 unspecified atom stereocenters. The van der Waals surface area contributed by atoms with Crippen LogP contribution in [-0.4, -0.2) is 6.61 Å². The summed E-state index contributed by atoms with van der Waals surface area (Å²) in [5.41, 5.74) is 4.39. The summed E-state index contributed by atoms with van der Waals surface area (Å²) < 4.78 is 5.71.